The number of esters is 1. The fourth-order valence-corrected chi connectivity index (χ4v) is 16.1. The highest BCUT2D eigenvalue weighted by Gasteiger charge is 2.26. The summed E-state index contributed by atoms with van der Waals surface area (Å²) in [6, 6.07) is 16.8. The molecule has 7 aromatic rings. The van der Waals surface area contributed by atoms with Crippen LogP contribution in [0.2, 0.25) is 0 Å². The van der Waals surface area contributed by atoms with Crippen LogP contribution < -0.4 is 0 Å². The predicted octanol–water partition coefficient (Wildman–Crippen LogP) is 19.0. The molecule has 0 spiro atoms. The summed E-state index contributed by atoms with van der Waals surface area (Å²) in [6.45, 7) is 18.8. The molecule has 0 saturated carbocycles. The van der Waals surface area contributed by atoms with Crippen molar-refractivity contribution in [3.05, 3.63) is 66.9 Å². The largest absolute Gasteiger partial charge is 0.461 e. The van der Waals surface area contributed by atoms with Crippen molar-refractivity contribution in [1.29, 1.82) is 0 Å². The summed E-state index contributed by atoms with van der Waals surface area (Å²) < 4.78 is 10.0. The van der Waals surface area contributed by atoms with Crippen LogP contribution in [0.5, 0.6) is 0 Å². The minimum Gasteiger partial charge on any atom is -0.461 e. The van der Waals surface area contributed by atoms with E-state index in [4.69, 9.17) is 4.74 Å². The number of thiophene rings is 6. The minimum absolute atomic E-state index is 0.171. The maximum atomic E-state index is 13.5. The van der Waals surface area contributed by atoms with E-state index < -0.39 is 0 Å². The first-order valence-electron chi connectivity index (χ1n) is 22.6. The van der Waals surface area contributed by atoms with Crippen molar-refractivity contribution in [2.24, 2.45) is 17.8 Å². The van der Waals surface area contributed by atoms with E-state index in [9.17, 15) is 4.79 Å². The van der Waals surface area contributed by atoms with Gasteiger partial charge in [-0.15, -0.1) is 68.0 Å². The molecule has 0 N–H and O–H groups in total. The van der Waals surface area contributed by atoms with Crippen LogP contribution in [-0.4, -0.2) is 12.6 Å². The van der Waals surface area contributed by atoms with Crippen molar-refractivity contribution in [1.82, 2.24) is 0 Å². The third kappa shape index (κ3) is 9.99. The molecule has 0 aliphatic carbocycles. The van der Waals surface area contributed by atoms with Gasteiger partial charge in [-0.05, 0) is 93.3 Å². The lowest BCUT2D eigenvalue weighted by Gasteiger charge is -2.14. The van der Waals surface area contributed by atoms with Crippen LogP contribution in [0, 0.1) is 31.6 Å². The van der Waals surface area contributed by atoms with Gasteiger partial charge in [-0.2, -0.15) is 0 Å². The molecule has 316 valence electrons. The van der Waals surface area contributed by atoms with E-state index in [2.05, 4.69) is 97.9 Å². The Kier molecular flexibility index (Phi) is 15.7. The molecule has 0 aliphatic heterocycles. The number of carbonyl (C=O) groups excluding carboxylic acids is 1. The van der Waals surface area contributed by atoms with Gasteiger partial charge in [0.1, 0.15) is 4.88 Å². The minimum atomic E-state index is -0.171. The van der Waals surface area contributed by atoms with E-state index in [1.165, 1.54) is 157 Å². The lowest BCUT2D eigenvalue weighted by Crippen LogP contribution is -2.13. The number of carbonyl (C=O) groups is 1. The number of hydrogen-bond acceptors (Lipinski definition) is 8. The normalized spacial score (nSPS) is 13.6. The summed E-state index contributed by atoms with van der Waals surface area (Å²) in [4.78, 5) is 25.3. The first kappa shape index (κ1) is 44.7. The fraction of sp³-hybridized carbons (Fsp3) is 0.510. The van der Waals surface area contributed by atoms with Gasteiger partial charge in [-0.1, -0.05) is 112 Å². The van der Waals surface area contributed by atoms with Crippen LogP contribution in [-0.2, 0) is 17.6 Å². The summed E-state index contributed by atoms with van der Waals surface area (Å²) in [5, 5.41) is 3.97. The summed E-state index contributed by atoms with van der Waals surface area (Å²) in [5.74, 6) is 1.75. The monoisotopic (exact) mass is 900 g/mol. The molecular formula is C51H64O2S6. The molecule has 8 heteroatoms. The topological polar surface area (TPSA) is 26.3 Å². The zero-order valence-electron chi connectivity index (χ0n) is 36.6. The number of benzene rings is 1. The molecule has 0 radical (unpaired) electrons. The number of rotatable bonds is 22. The molecular weight excluding hydrogens is 837 g/mol. The Morgan fingerprint density at radius 1 is 0.559 bits per heavy atom. The van der Waals surface area contributed by atoms with Crippen LogP contribution >= 0.6 is 68.0 Å². The molecule has 2 nitrogen and oxygen atoms in total. The van der Waals surface area contributed by atoms with Crippen LogP contribution in [0.3, 0.4) is 0 Å². The van der Waals surface area contributed by atoms with Gasteiger partial charge in [0.25, 0.3) is 0 Å². The molecule has 0 saturated heterocycles. The molecule has 6 heterocycles. The highest BCUT2D eigenvalue weighted by Crippen LogP contribution is 2.55. The number of unbranched alkanes of at least 4 members (excludes halogenated alkanes) is 3. The summed E-state index contributed by atoms with van der Waals surface area (Å²) in [7, 11) is 0. The lowest BCUT2D eigenvalue weighted by atomic mass is 9.95. The van der Waals surface area contributed by atoms with Gasteiger partial charge in [-0.25, -0.2) is 4.79 Å². The average Bonchev–Trinajstić information content (AvgIpc) is 4.10. The summed E-state index contributed by atoms with van der Waals surface area (Å²) in [6.07, 6.45) is 17.1. The van der Waals surface area contributed by atoms with Crippen LogP contribution in [0.15, 0.2) is 42.5 Å². The molecule has 3 unspecified atom stereocenters. The Morgan fingerprint density at radius 2 is 1.10 bits per heavy atom. The van der Waals surface area contributed by atoms with Crippen LogP contribution in [0.4, 0.5) is 0 Å². The van der Waals surface area contributed by atoms with Crippen molar-refractivity contribution >= 4 is 104 Å². The van der Waals surface area contributed by atoms with Gasteiger partial charge in [0.05, 0.1) is 16.2 Å². The van der Waals surface area contributed by atoms with Gasteiger partial charge in [0.2, 0.25) is 0 Å². The Bertz CT molecular complexity index is 2350. The third-order valence-corrected chi connectivity index (χ3v) is 19.5. The average molecular weight is 901 g/mol. The van der Waals surface area contributed by atoms with Gasteiger partial charge >= 0.3 is 5.97 Å². The first-order chi connectivity index (χ1) is 28.7. The molecule has 6 aromatic heterocycles. The Labute approximate surface area is 378 Å². The van der Waals surface area contributed by atoms with E-state index in [-0.39, 0.29) is 5.97 Å². The molecule has 0 aliphatic rings. The van der Waals surface area contributed by atoms with Crippen LogP contribution in [0.25, 0.3) is 60.9 Å². The second-order valence-corrected chi connectivity index (χ2v) is 23.8. The van der Waals surface area contributed by atoms with Crippen molar-refractivity contribution in [2.45, 2.75) is 145 Å². The van der Waals surface area contributed by atoms with Gasteiger partial charge < -0.3 is 4.74 Å². The van der Waals surface area contributed by atoms with E-state index in [1.807, 2.05) is 56.7 Å². The van der Waals surface area contributed by atoms with Crippen molar-refractivity contribution in [2.75, 3.05) is 6.61 Å². The summed E-state index contributed by atoms with van der Waals surface area (Å²) in [5.41, 5.74) is 2.82. The SMILES string of the molecule is CCCCC(CC)COC(=O)c1cc2c(C)sc(-c3cc4c(-c5ccc(CC(CC)CCCC)s5)c5sc(C)cc5c(-c5ccc(CC(CC)CCCC)s5)c4s3)c2s1. The van der Waals surface area contributed by atoms with Gasteiger partial charge in [-0.3, -0.25) is 0 Å². The van der Waals surface area contributed by atoms with Crippen molar-refractivity contribution in [3.8, 4) is 30.6 Å². The predicted molar refractivity (Wildman–Crippen MR) is 270 cm³/mol. The van der Waals surface area contributed by atoms with E-state index in [0.717, 1.165) is 29.6 Å². The molecule has 3 atom stereocenters. The Balaban J connectivity index is 1.34. The van der Waals surface area contributed by atoms with Gasteiger partial charge in [0.15, 0.2) is 0 Å². The molecule has 0 amide bonds. The van der Waals surface area contributed by atoms with Crippen molar-refractivity contribution in [3.63, 3.8) is 0 Å². The summed E-state index contributed by atoms with van der Waals surface area (Å²) >= 11 is 11.5. The van der Waals surface area contributed by atoms with E-state index in [0.29, 0.717) is 12.5 Å². The van der Waals surface area contributed by atoms with Crippen molar-refractivity contribution < 1.29 is 9.53 Å². The zero-order chi connectivity index (χ0) is 41.6. The Hall–Kier alpha value is -2.33. The standard InChI is InChI=1S/C51H64O2S6/c1-9-15-18-33(12-4)26-36-21-23-41(56-36)45-39-25-31(7)54-47(39)46(42-24-22-37(57-42)27-34(13-5)19-16-10-2)40-29-43(58-48(40)45)50-49-38(32(8)55-50)28-44(59-49)51(52)53-30-35(14-6)20-17-11-3/h21-25,28-29,33-35H,9-20,26-27,30H2,1-8H3. The maximum Gasteiger partial charge on any atom is 0.348 e. The fourth-order valence-electron chi connectivity index (χ4n) is 8.69. The van der Waals surface area contributed by atoms with E-state index in [1.54, 1.807) is 11.3 Å². The zero-order valence-corrected chi connectivity index (χ0v) is 41.5. The molecule has 0 bridgehead atoms. The molecule has 59 heavy (non-hydrogen) atoms. The number of hydrogen-bond donors (Lipinski definition) is 0. The lowest BCUT2D eigenvalue weighted by molar-refractivity contribution is 0.0434. The van der Waals surface area contributed by atoms with Gasteiger partial charge in [0, 0.05) is 70.8 Å². The Morgan fingerprint density at radius 3 is 1.66 bits per heavy atom. The second kappa shape index (κ2) is 20.7. The highest BCUT2D eigenvalue weighted by atomic mass is 32.1. The number of aryl methyl sites for hydroxylation is 2. The van der Waals surface area contributed by atoms with Crippen LogP contribution in [0.1, 0.15) is 148 Å². The highest BCUT2D eigenvalue weighted by molar-refractivity contribution is 7.32. The quantitative estimate of drug-likeness (QED) is 0.0634. The van der Waals surface area contributed by atoms with E-state index >= 15 is 0 Å². The molecule has 7 rings (SSSR count). The second-order valence-electron chi connectivity index (χ2n) is 16.8. The molecule has 0 fully saturated rings. The maximum absolute atomic E-state index is 13.5. The number of ether oxygens (including phenoxy) is 1. The third-order valence-electron chi connectivity index (χ3n) is 12.5. The molecule has 1 aromatic carbocycles. The number of fused-ring (bicyclic) bond motifs is 3. The first-order valence-corrected chi connectivity index (χ1v) is 27.5. The smallest absolute Gasteiger partial charge is 0.348 e.